The van der Waals surface area contributed by atoms with Crippen molar-refractivity contribution in [3.63, 3.8) is 0 Å². The van der Waals surface area contributed by atoms with Gasteiger partial charge in [0.05, 0.1) is 25.5 Å². The van der Waals surface area contributed by atoms with Crippen LogP contribution in [0.4, 0.5) is 0 Å². The Balaban J connectivity index is 0.000000621. The SMILES string of the molecule is CN1C=C[N+](C)(CCCCS(=O)(=O)O)C1.O=S(=O)([O-])O. The predicted molar refractivity (Wildman–Crippen MR) is 70.8 cm³/mol. The first kappa shape index (κ1) is 19.3. The molecule has 0 aliphatic carbocycles. The van der Waals surface area contributed by atoms with E-state index in [9.17, 15) is 8.42 Å². The fraction of sp³-hybridized carbons (Fsp3) is 0.778. The molecular formula is C9H20N2O7S2. The standard InChI is InChI=1S/C9H18N2O3S.H2O4S/c1-10-5-7-11(2,9-10)6-3-4-8-15(12,13)14;1-5(2,3)4/h5,7H,3-4,6,8-9H2,1-2H3;(H2,1,2,3,4). The summed E-state index contributed by atoms with van der Waals surface area (Å²) in [7, 11) is -4.59. The van der Waals surface area contributed by atoms with Gasteiger partial charge in [-0.3, -0.25) is 13.6 Å². The van der Waals surface area contributed by atoms with E-state index in [0.717, 1.165) is 24.1 Å². The van der Waals surface area contributed by atoms with Crippen molar-refractivity contribution >= 4 is 20.5 Å². The van der Waals surface area contributed by atoms with Crippen LogP contribution >= 0.6 is 0 Å². The first-order valence-corrected chi connectivity index (χ1v) is 8.65. The Morgan fingerprint density at radius 2 is 1.75 bits per heavy atom. The minimum Gasteiger partial charge on any atom is -0.726 e. The molecule has 1 aliphatic heterocycles. The van der Waals surface area contributed by atoms with Crippen molar-refractivity contribution in [3.05, 3.63) is 12.4 Å². The summed E-state index contributed by atoms with van der Waals surface area (Å²) in [4.78, 5) is 2.10. The lowest BCUT2D eigenvalue weighted by molar-refractivity contribution is -0.861. The zero-order chi connectivity index (χ0) is 16.0. The van der Waals surface area contributed by atoms with Crippen LogP contribution in [0.3, 0.4) is 0 Å². The topological polar surface area (TPSA) is 135 Å². The van der Waals surface area contributed by atoms with Crippen LogP contribution in [-0.4, -0.2) is 72.9 Å². The third kappa shape index (κ3) is 12.3. The van der Waals surface area contributed by atoms with Crippen molar-refractivity contribution in [2.45, 2.75) is 12.8 Å². The van der Waals surface area contributed by atoms with Gasteiger partial charge in [-0.1, -0.05) is 0 Å². The largest absolute Gasteiger partial charge is 0.726 e. The van der Waals surface area contributed by atoms with Crippen molar-refractivity contribution in [2.75, 3.05) is 33.1 Å². The fourth-order valence-corrected chi connectivity index (χ4v) is 2.35. The molecule has 1 aliphatic rings. The summed E-state index contributed by atoms with van der Waals surface area (Å²) in [5, 5.41) is 0. The van der Waals surface area contributed by atoms with E-state index in [1.54, 1.807) is 0 Å². The highest BCUT2D eigenvalue weighted by Crippen LogP contribution is 2.14. The molecule has 1 atom stereocenters. The Hall–Kier alpha value is -0.720. The van der Waals surface area contributed by atoms with Crippen molar-refractivity contribution in [1.82, 2.24) is 4.90 Å². The van der Waals surface area contributed by atoms with E-state index in [0.29, 0.717) is 6.42 Å². The predicted octanol–water partition coefficient (Wildman–Crippen LogP) is -0.520. The van der Waals surface area contributed by atoms with Gasteiger partial charge < -0.3 is 9.45 Å². The molecule has 1 rings (SSSR count). The lowest BCUT2D eigenvalue weighted by Gasteiger charge is -2.27. The Bertz CT molecular complexity index is 520. The van der Waals surface area contributed by atoms with E-state index in [1.165, 1.54) is 0 Å². The molecule has 1 heterocycles. The lowest BCUT2D eigenvalue weighted by atomic mass is 10.3. The molecule has 0 saturated heterocycles. The molecule has 0 amide bonds. The molecule has 0 aromatic heterocycles. The van der Waals surface area contributed by atoms with Gasteiger partial charge >= 0.3 is 0 Å². The van der Waals surface area contributed by atoms with Gasteiger partial charge in [0.25, 0.3) is 10.1 Å². The number of quaternary nitrogens is 1. The molecule has 1 unspecified atom stereocenters. The molecule has 0 radical (unpaired) electrons. The zero-order valence-corrected chi connectivity index (χ0v) is 13.0. The van der Waals surface area contributed by atoms with Crippen LogP contribution in [-0.2, 0) is 20.5 Å². The second-order valence-electron chi connectivity index (χ2n) is 4.82. The fourth-order valence-electron chi connectivity index (χ4n) is 1.78. The number of hydrogen-bond acceptors (Lipinski definition) is 6. The van der Waals surface area contributed by atoms with Crippen LogP contribution in [0, 0.1) is 0 Å². The van der Waals surface area contributed by atoms with Gasteiger partial charge in [0.15, 0.2) is 6.67 Å². The van der Waals surface area contributed by atoms with Gasteiger partial charge in [-0.05, 0) is 12.8 Å². The maximum absolute atomic E-state index is 10.5. The van der Waals surface area contributed by atoms with Gasteiger partial charge in [-0.25, -0.2) is 8.42 Å². The van der Waals surface area contributed by atoms with Gasteiger partial charge in [-0.2, -0.15) is 8.42 Å². The molecule has 9 nitrogen and oxygen atoms in total. The van der Waals surface area contributed by atoms with E-state index in [1.807, 2.05) is 13.2 Å². The lowest BCUT2D eigenvalue weighted by Crippen LogP contribution is -2.40. The van der Waals surface area contributed by atoms with E-state index in [-0.39, 0.29) is 5.75 Å². The van der Waals surface area contributed by atoms with Crippen LogP contribution in [0.2, 0.25) is 0 Å². The second-order valence-corrected chi connectivity index (χ2v) is 7.25. The summed E-state index contributed by atoms with van der Waals surface area (Å²) in [6, 6.07) is 0. The number of hydrogen-bond donors (Lipinski definition) is 2. The summed E-state index contributed by atoms with van der Waals surface area (Å²) < 4.78 is 63.2. The van der Waals surface area contributed by atoms with Gasteiger partial charge in [0.1, 0.15) is 6.20 Å². The third-order valence-corrected chi connectivity index (χ3v) is 3.35. The van der Waals surface area contributed by atoms with E-state index >= 15 is 0 Å². The van der Waals surface area contributed by atoms with Crippen LogP contribution in [0.25, 0.3) is 0 Å². The van der Waals surface area contributed by atoms with E-state index in [4.69, 9.17) is 22.1 Å². The molecule has 0 aromatic rings. The molecule has 2 N–H and O–H groups in total. The van der Waals surface area contributed by atoms with E-state index in [2.05, 4.69) is 18.1 Å². The minimum absolute atomic E-state index is 0.132. The van der Waals surface area contributed by atoms with Crippen LogP contribution in [0.15, 0.2) is 12.4 Å². The Morgan fingerprint density at radius 1 is 1.25 bits per heavy atom. The molecule has 0 spiro atoms. The van der Waals surface area contributed by atoms with Crippen molar-refractivity contribution in [2.24, 2.45) is 0 Å². The smallest absolute Gasteiger partial charge is 0.264 e. The Labute approximate surface area is 119 Å². The second kappa shape index (κ2) is 7.33. The van der Waals surface area contributed by atoms with Crippen molar-refractivity contribution in [3.8, 4) is 0 Å². The summed E-state index contributed by atoms with van der Waals surface area (Å²) in [5.41, 5.74) is 0. The molecule has 0 bridgehead atoms. The normalized spacial score (nSPS) is 22.6. The zero-order valence-electron chi connectivity index (χ0n) is 11.3. The minimum atomic E-state index is -4.92. The van der Waals surface area contributed by atoms with Gasteiger partial charge in [0, 0.05) is 7.05 Å². The van der Waals surface area contributed by atoms with Gasteiger partial charge in [-0.15, -0.1) is 0 Å². The summed E-state index contributed by atoms with van der Waals surface area (Å²) >= 11 is 0. The van der Waals surface area contributed by atoms with Crippen LogP contribution in [0.5, 0.6) is 0 Å². The average molecular weight is 332 g/mol. The van der Waals surface area contributed by atoms with Gasteiger partial charge in [0.2, 0.25) is 10.4 Å². The van der Waals surface area contributed by atoms with E-state index < -0.39 is 20.5 Å². The Morgan fingerprint density at radius 3 is 2.10 bits per heavy atom. The molecule has 120 valence electrons. The monoisotopic (exact) mass is 332 g/mol. The third-order valence-electron chi connectivity index (χ3n) is 2.55. The molecule has 0 saturated carbocycles. The molecule has 20 heavy (non-hydrogen) atoms. The number of unbranched alkanes of at least 4 members (excludes halogenated alkanes) is 1. The first-order valence-electron chi connectivity index (χ1n) is 5.68. The molecular weight excluding hydrogens is 312 g/mol. The first-order chi connectivity index (χ1) is 8.81. The maximum Gasteiger partial charge on any atom is 0.264 e. The molecule has 0 fully saturated rings. The molecule has 0 aromatic carbocycles. The van der Waals surface area contributed by atoms with Crippen molar-refractivity contribution < 1.29 is 35.0 Å². The average Bonchev–Trinajstić information content (AvgIpc) is 2.50. The highest BCUT2D eigenvalue weighted by molar-refractivity contribution is 7.85. The summed E-state index contributed by atoms with van der Waals surface area (Å²) in [6.07, 6.45) is 5.45. The summed E-state index contributed by atoms with van der Waals surface area (Å²) in [6.45, 7) is 1.82. The highest BCUT2D eigenvalue weighted by atomic mass is 32.3. The number of rotatable bonds is 5. The number of nitrogens with zero attached hydrogens (tertiary/aromatic N) is 2. The van der Waals surface area contributed by atoms with Crippen LogP contribution in [0.1, 0.15) is 12.8 Å². The molecule has 11 heteroatoms. The maximum atomic E-state index is 10.5. The van der Waals surface area contributed by atoms with Crippen molar-refractivity contribution in [1.29, 1.82) is 0 Å². The highest BCUT2D eigenvalue weighted by Gasteiger charge is 2.24. The quantitative estimate of drug-likeness (QED) is 0.297. The summed E-state index contributed by atoms with van der Waals surface area (Å²) in [5.74, 6) is -0.132. The Kier molecular flexibility index (Phi) is 7.07. The van der Waals surface area contributed by atoms with Crippen LogP contribution < -0.4 is 0 Å².